The summed E-state index contributed by atoms with van der Waals surface area (Å²) in [4.78, 5) is 31.2. The quantitative estimate of drug-likeness (QED) is 0.361. The third-order valence-corrected chi connectivity index (χ3v) is 1.28. The van der Waals surface area contributed by atoms with Crippen LogP contribution in [-0.2, 0) is 19.1 Å². The number of carbonyl (C=O) groups is 3. The summed E-state index contributed by atoms with van der Waals surface area (Å²) in [6, 6.07) is 0. The predicted molar refractivity (Wildman–Crippen MR) is 46.7 cm³/mol. The van der Waals surface area contributed by atoms with Gasteiger partial charge in [-0.2, -0.15) is 0 Å². The van der Waals surface area contributed by atoms with E-state index in [0.717, 1.165) is 0 Å². The minimum atomic E-state index is -1.46. The predicted octanol–water partition coefficient (Wildman–Crippen LogP) is -2.95. The van der Waals surface area contributed by atoms with Gasteiger partial charge in [-0.3, -0.25) is 9.59 Å². The molecule has 0 bridgehead atoms. The molecule has 86 valence electrons. The maximum atomic E-state index is 10.9. The molecule has 0 radical (unpaired) electrons. The highest BCUT2D eigenvalue weighted by Crippen LogP contribution is 1.80. The molecule has 0 aromatic rings. The first-order valence-corrected chi connectivity index (χ1v) is 3.97. The van der Waals surface area contributed by atoms with Crippen molar-refractivity contribution < 1.29 is 29.3 Å². The van der Waals surface area contributed by atoms with Crippen LogP contribution in [0, 0.1) is 0 Å². The van der Waals surface area contributed by atoms with Gasteiger partial charge in [0.05, 0.1) is 6.54 Å². The van der Waals surface area contributed by atoms with Crippen molar-refractivity contribution >= 4 is 17.8 Å². The minimum absolute atomic E-state index is 0.329. The third kappa shape index (κ3) is 7.40. The second-order valence-corrected chi connectivity index (χ2v) is 2.61. The number of hydrogen-bond donors (Lipinski definition) is 4. The molecule has 0 aliphatic carbocycles. The van der Waals surface area contributed by atoms with Gasteiger partial charge in [0.2, 0.25) is 11.8 Å². The summed E-state index contributed by atoms with van der Waals surface area (Å²) >= 11 is 0. The fraction of sp³-hybridized carbons (Fsp3) is 0.571. The molecule has 0 aliphatic rings. The van der Waals surface area contributed by atoms with E-state index in [2.05, 4.69) is 10.1 Å². The molecule has 15 heavy (non-hydrogen) atoms. The van der Waals surface area contributed by atoms with Crippen LogP contribution in [0.4, 0.5) is 0 Å². The highest BCUT2D eigenvalue weighted by atomic mass is 16.5. The lowest BCUT2D eigenvalue weighted by Gasteiger charge is -2.07. The number of primary amides is 1. The Kier molecular flexibility index (Phi) is 5.99. The van der Waals surface area contributed by atoms with Crippen LogP contribution < -0.4 is 11.1 Å². The van der Waals surface area contributed by atoms with Gasteiger partial charge >= 0.3 is 5.97 Å². The first-order valence-electron chi connectivity index (χ1n) is 3.97. The van der Waals surface area contributed by atoms with Crippen molar-refractivity contribution in [1.82, 2.24) is 5.32 Å². The number of aliphatic hydroxyl groups excluding tert-OH is 1. The van der Waals surface area contributed by atoms with Crippen molar-refractivity contribution in [2.24, 2.45) is 5.73 Å². The molecule has 0 aromatic carbocycles. The number of aliphatic carboxylic acids is 1. The maximum Gasteiger partial charge on any atom is 0.329 e. The van der Waals surface area contributed by atoms with E-state index in [1.54, 1.807) is 0 Å². The second-order valence-electron chi connectivity index (χ2n) is 2.61. The summed E-state index contributed by atoms with van der Waals surface area (Å²) in [6.07, 6.45) is -1.46. The van der Waals surface area contributed by atoms with Crippen LogP contribution in [0.2, 0.25) is 0 Å². The van der Waals surface area contributed by atoms with Crippen molar-refractivity contribution in [3.63, 3.8) is 0 Å². The van der Waals surface area contributed by atoms with Gasteiger partial charge in [-0.25, -0.2) is 4.79 Å². The van der Waals surface area contributed by atoms with Crippen LogP contribution in [0.3, 0.4) is 0 Å². The number of carboxylic acids is 1. The number of ether oxygens (including phenoxy) is 1. The average Bonchev–Trinajstić information content (AvgIpc) is 2.13. The van der Waals surface area contributed by atoms with E-state index < -0.39 is 37.1 Å². The molecule has 0 fully saturated rings. The van der Waals surface area contributed by atoms with Gasteiger partial charge < -0.3 is 26.0 Å². The summed E-state index contributed by atoms with van der Waals surface area (Å²) < 4.78 is 4.44. The maximum absolute atomic E-state index is 10.9. The number of aliphatic hydroxyl groups is 1. The molecule has 8 heteroatoms. The molecule has 2 amide bonds. The highest BCUT2D eigenvalue weighted by Gasteiger charge is 2.12. The van der Waals surface area contributed by atoms with E-state index in [1.807, 2.05) is 0 Å². The van der Waals surface area contributed by atoms with Gasteiger partial charge in [-0.1, -0.05) is 0 Å². The zero-order valence-corrected chi connectivity index (χ0v) is 7.80. The van der Waals surface area contributed by atoms with Gasteiger partial charge in [-0.05, 0) is 0 Å². The fourth-order valence-corrected chi connectivity index (χ4v) is 0.593. The van der Waals surface area contributed by atoms with Gasteiger partial charge in [-0.15, -0.1) is 0 Å². The van der Waals surface area contributed by atoms with Gasteiger partial charge in [0.15, 0.2) is 0 Å². The number of nitrogens with two attached hydrogens (primary N) is 1. The molecule has 0 rings (SSSR count). The summed E-state index contributed by atoms with van der Waals surface area (Å²) in [5, 5.41) is 19.2. The van der Waals surface area contributed by atoms with Crippen molar-refractivity contribution in [2.45, 2.75) is 6.10 Å². The first kappa shape index (κ1) is 13.3. The zero-order chi connectivity index (χ0) is 11.8. The topological polar surface area (TPSA) is 139 Å². The van der Waals surface area contributed by atoms with Gasteiger partial charge in [0, 0.05) is 0 Å². The summed E-state index contributed by atoms with van der Waals surface area (Å²) in [5.74, 6) is -2.79. The van der Waals surface area contributed by atoms with Crippen LogP contribution >= 0.6 is 0 Å². The Morgan fingerprint density at radius 3 is 2.40 bits per heavy atom. The molecule has 1 atom stereocenters. The molecular weight excluding hydrogens is 208 g/mol. The average molecular weight is 220 g/mol. The van der Waals surface area contributed by atoms with Crippen LogP contribution in [-0.4, -0.2) is 53.9 Å². The Morgan fingerprint density at radius 1 is 1.33 bits per heavy atom. The van der Waals surface area contributed by atoms with Crippen LogP contribution in [0.5, 0.6) is 0 Å². The largest absolute Gasteiger partial charge is 0.480 e. The molecule has 1 unspecified atom stereocenters. The summed E-state index contributed by atoms with van der Waals surface area (Å²) in [6.45, 7) is -1.38. The van der Waals surface area contributed by atoms with E-state index in [1.165, 1.54) is 0 Å². The van der Waals surface area contributed by atoms with Crippen molar-refractivity contribution in [3.8, 4) is 0 Å². The SMILES string of the molecule is NC(=O)C(O)CNC(=O)COCC(=O)O. The number of carbonyl (C=O) groups excluding carboxylic acids is 2. The van der Waals surface area contributed by atoms with Crippen molar-refractivity contribution in [1.29, 1.82) is 0 Å². The minimum Gasteiger partial charge on any atom is -0.480 e. The Bertz CT molecular complexity index is 254. The van der Waals surface area contributed by atoms with Crippen LogP contribution in [0.1, 0.15) is 0 Å². The lowest BCUT2D eigenvalue weighted by atomic mass is 10.3. The number of hydrogen-bond acceptors (Lipinski definition) is 5. The van der Waals surface area contributed by atoms with Gasteiger partial charge in [0.25, 0.3) is 0 Å². The van der Waals surface area contributed by atoms with Crippen molar-refractivity contribution in [3.05, 3.63) is 0 Å². The molecule has 0 spiro atoms. The molecule has 0 saturated heterocycles. The standard InChI is InChI=1S/C7H12N2O6/c8-7(14)4(10)1-9-5(11)2-15-3-6(12)13/h4,10H,1-3H2,(H2,8,14)(H,9,11)(H,12,13). The Morgan fingerprint density at radius 2 is 1.93 bits per heavy atom. The second kappa shape index (κ2) is 6.74. The molecule has 5 N–H and O–H groups in total. The highest BCUT2D eigenvalue weighted by molar-refractivity contribution is 5.81. The van der Waals surface area contributed by atoms with E-state index >= 15 is 0 Å². The molecular formula is C7H12N2O6. The number of carboxylic acid groups (broad SMARTS) is 1. The molecule has 0 saturated carbocycles. The molecule has 0 heterocycles. The Balaban J connectivity index is 3.57. The fourth-order valence-electron chi connectivity index (χ4n) is 0.593. The molecule has 8 nitrogen and oxygen atoms in total. The lowest BCUT2D eigenvalue weighted by molar-refractivity contribution is -0.143. The summed E-state index contributed by atoms with van der Waals surface area (Å²) in [5.41, 5.74) is 4.71. The van der Waals surface area contributed by atoms with Crippen LogP contribution in [0.25, 0.3) is 0 Å². The van der Waals surface area contributed by atoms with Gasteiger partial charge in [0.1, 0.15) is 19.3 Å². The summed E-state index contributed by atoms with van der Waals surface area (Å²) in [7, 11) is 0. The van der Waals surface area contributed by atoms with E-state index in [-0.39, 0.29) is 6.54 Å². The zero-order valence-electron chi connectivity index (χ0n) is 7.80. The monoisotopic (exact) mass is 220 g/mol. The smallest absolute Gasteiger partial charge is 0.329 e. The number of nitrogens with one attached hydrogen (secondary N) is 1. The first-order chi connectivity index (χ1) is 6.93. The van der Waals surface area contributed by atoms with E-state index in [9.17, 15) is 14.4 Å². The molecule has 0 aliphatic heterocycles. The normalized spacial score (nSPS) is 11.8. The van der Waals surface area contributed by atoms with E-state index in [4.69, 9.17) is 15.9 Å². The Hall–Kier alpha value is -1.67. The van der Waals surface area contributed by atoms with Crippen molar-refractivity contribution in [2.75, 3.05) is 19.8 Å². The number of amides is 2. The van der Waals surface area contributed by atoms with E-state index in [0.29, 0.717) is 0 Å². The molecule has 0 aromatic heterocycles. The lowest BCUT2D eigenvalue weighted by Crippen LogP contribution is -2.41. The number of rotatable bonds is 7. The Labute approximate surface area is 85.0 Å². The third-order valence-electron chi connectivity index (χ3n) is 1.28. The van der Waals surface area contributed by atoms with Crippen LogP contribution in [0.15, 0.2) is 0 Å².